The van der Waals surface area contributed by atoms with Crippen LogP contribution in [0.3, 0.4) is 0 Å². The van der Waals surface area contributed by atoms with E-state index in [1.54, 1.807) is 26.0 Å². The summed E-state index contributed by atoms with van der Waals surface area (Å²) in [6.07, 6.45) is -0.327. The van der Waals surface area contributed by atoms with E-state index in [1.807, 2.05) is 50.2 Å². The summed E-state index contributed by atoms with van der Waals surface area (Å²) in [5, 5.41) is 2.83. The van der Waals surface area contributed by atoms with Crippen LogP contribution in [0.25, 0.3) is 0 Å². The van der Waals surface area contributed by atoms with Crippen molar-refractivity contribution in [3.63, 3.8) is 0 Å². The number of hydrogen-bond acceptors (Lipinski definition) is 4. The van der Waals surface area contributed by atoms with Crippen LogP contribution < -0.4 is 5.32 Å². The standard InChI is InChI=1S/C22H24N2O4/c1-14(2)28-19(25)13-24-20(26)22(23-21(24)27,17-8-6-5-7-9-17)18-11-10-15(3)16(4)12-18/h5-12,14H,13H2,1-4H3,(H,23,27)/t22-/m1/s1. The highest BCUT2D eigenvalue weighted by molar-refractivity contribution is 6.11. The second-order valence-electron chi connectivity index (χ2n) is 7.28. The highest BCUT2D eigenvalue weighted by Crippen LogP contribution is 2.36. The lowest BCUT2D eigenvalue weighted by Gasteiger charge is -2.28. The van der Waals surface area contributed by atoms with Gasteiger partial charge in [0.15, 0.2) is 5.54 Å². The molecule has 0 radical (unpaired) electrons. The molecule has 3 amide bonds. The van der Waals surface area contributed by atoms with Gasteiger partial charge in [0.2, 0.25) is 0 Å². The van der Waals surface area contributed by atoms with Crippen LogP contribution in [-0.2, 0) is 19.9 Å². The smallest absolute Gasteiger partial charge is 0.326 e. The van der Waals surface area contributed by atoms with E-state index >= 15 is 0 Å². The predicted molar refractivity (Wildman–Crippen MR) is 105 cm³/mol. The maximum absolute atomic E-state index is 13.5. The number of carbonyl (C=O) groups excluding carboxylic acids is 3. The first kappa shape index (κ1) is 19.6. The lowest BCUT2D eigenvalue weighted by molar-refractivity contribution is -0.150. The third-order valence-corrected chi connectivity index (χ3v) is 4.91. The maximum atomic E-state index is 13.5. The summed E-state index contributed by atoms with van der Waals surface area (Å²) < 4.78 is 5.11. The SMILES string of the molecule is Cc1ccc([C@@]2(c3ccccc3)NC(=O)N(CC(=O)OC(C)C)C2=O)cc1C. The molecule has 2 aromatic carbocycles. The van der Waals surface area contributed by atoms with Crippen LogP contribution in [0.4, 0.5) is 4.79 Å². The van der Waals surface area contributed by atoms with Gasteiger partial charge >= 0.3 is 12.0 Å². The number of ether oxygens (including phenoxy) is 1. The number of amides is 3. The molecule has 0 bridgehead atoms. The number of urea groups is 1. The monoisotopic (exact) mass is 380 g/mol. The molecule has 1 heterocycles. The third kappa shape index (κ3) is 3.38. The Kier molecular flexibility index (Phi) is 5.23. The number of rotatable bonds is 5. The number of aryl methyl sites for hydroxylation is 2. The van der Waals surface area contributed by atoms with Gasteiger partial charge in [-0.25, -0.2) is 4.79 Å². The first-order valence-electron chi connectivity index (χ1n) is 9.22. The zero-order valence-electron chi connectivity index (χ0n) is 16.5. The van der Waals surface area contributed by atoms with E-state index in [9.17, 15) is 14.4 Å². The minimum absolute atomic E-state index is 0.327. The highest BCUT2D eigenvalue weighted by atomic mass is 16.5. The molecule has 0 aliphatic carbocycles. The average Bonchev–Trinajstić information content (AvgIpc) is 2.89. The van der Waals surface area contributed by atoms with Crippen molar-refractivity contribution in [3.8, 4) is 0 Å². The topological polar surface area (TPSA) is 75.7 Å². The van der Waals surface area contributed by atoms with Crippen molar-refractivity contribution >= 4 is 17.9 Å². The van der Waals surface area contributed by atoms with Gasteiger partial charge in [-0.3, -0.25) is 14.5 Å². The molecule has 1 aliphatic heterocycles. The van der Waals surface area contributed by atoms with Gasteiger partial charge < -0.3 is 10.1 Å². The molecule has 0 spiro atoms. The summed E-state index contributed by atoms with van der Waals surface area (Å²) in [5.74, 6) is -1.12. The lowest BCUT2D eigenvalue weighted by Crippen LogP contribution is -2.45. The van der Waals surface area contributed by atoms with E-state index in [0.717, 1.165) is 16.0 Å². The van der Waals surface area contributed by atoms with E-state index in [0.29, 0.717) is 11.1 Å². The van der Waals surface area contributed by atoms with Crippen LogP contribution in [0.15, 0.2) is 48.5 Å². The van der Waals surface area contributed by atoms with Gasteiger partial charge in [0, 0.05) is 0 Å². The molecular formula is C22H24N2O4. The fourth-order valence-electron chi connectivity index (χ4n) is 3.37. The van der Waals surface area contributed by atoms with Crippen LogP contribution in [0.5, 0.6) is 0 Å². The minimum Gasteiger partial charge on any atom is -0.462 e. The van der Waals surface area contributed by atoms with Gasteiger partial charge in [-0.2, -0.15) is 0 Å². The Morgan fingerprint density at radius 2 is 1.71 bits per heavy atom. The summed E-state index contributed by atoms with van der Waals surface area (Å²) in [4.78, 5) is 39.2. The van der Waals surface area contributed by atoms with Crippen molar-refractivity contribution in [3.05, 3.63) is 70.8 Å². The minimum atomic E-state index is -1.38. The maximum Gasteiger partial charge on any atom is 0.326 e. The summed E-state index contributed by atoms with van der Waals surface area (Å²) in [6.45, 7) is 6.94. The quantitative estimate of drug-likeness (QED) is 0.639. The Labute approximate surface area is 164 Å². The normalized spacial score (nSPS) is 19.1. The molecule has 28 heavy (non-hydrogen) atoms. The number of carbonyl (C=O) groups is 3. The van der Waals surface area contributed by atoms with Crippen molar-refractivity contribution in [2.45, 2.75) is 39.3 Å². The predicted octanol–water partition coefficient (Wildman–Crippen LogP) is 3.05. The Hall–Kier alpha value is -3.15. The molecule has 6 heteroatoms. The van der Waals surface area contributed by atoms with E-state index in [-0.39, 0.29) is 6.10 Å². The largest absolute Gasteiger partial charge is 0.462 e. The molecule has 0 unspecified atom stereocenters. The van der Waals surface area contributed by atoms with Crippen molar-refractivity contribution in [1.29, 1.82) is 0 Å². The first-order valence-corrected chi connectivity index (χ1v) is 9.22. The third-order valence-electron chi connectivity index (χ3n) is 4.91. The molecule has 1 atom stereocenters. The van der Waals surface area contributed by atoms with Crippen LogP contribution >= 0.6 is 0 Å². The molecule has 1 saturated heterocycles. The van der Waals surface area contributed by atoms with Gasteiger partial charge in [-0.15, -0.1) is 0 Å². The molecule has 2 aromatic rings. The fraction of sp³-hybridized carbons (Fsp3) is 0.318. The second kappa shape index (κ2) is 7.46. The number of imide groups is 1. The van der Waals surface area contributed by atoms with Crippen molar-refractivity contribution in [2.75, 3.05) is 6.54 Å². The van der Waals surface area contributed by atoms with Crippen LogP contribution in [0.1, 0.15) is 36.1 Å². The number of nitrogens with zero attached hydrogens (tertiary/aromatic N) is 1. The van der Waals surface area contributed by atoms with Gasteiger partial charge in [-0.05, 0) is 49.9 Å². The molecule has 146 valence electrons. The zero-order chi connectivity index (χ0) is 20.5. The highest BCUT2D eigenvalue weighted by Gasteiger charge is 2.54. The van der Waals surface area contributed by atoms with Gasteiger partial charge in [0.1, 0.15) is 6.54 Å². The van der Waals surface area contributed by atoms with Crippen LogP contribution in [-0.4, -0.2) is 35.5 Å². The van der Waals surface area contributed by atoms with Crippen molar-refractivity contribution < 1.29 is 19.1 Å². The molecule has 1 aliphatic rings. The molecule has 6 nitrogen and oxygen atoms in total. The van der Waals surface area contributed by atoms with E-state index in [2.05, 4.69) is 5.32 Å². The molecule has 0 saturated carbocycles. The van der Waals surface area contributed by atoms with Gasteiger partial charge in [0.25, 0.3) is 5.91 Å². The first-order chi connectivity index (χ1) is 13.3. The average molecular weight is 380 g/mol. The van der Waals surface area contributed by atoms with Gasteiger partial charge in [0.05, 0.1) is 6.10 Å². The summed E-state index contributed by atoms with van der Waals surface area (Å²) in [6, 6.07) is 14.1. The Bertz CT molecular complexity index is 923. The van der Waals surface area contributed by atoms with E-state index in [4.69, 9.17) is 4.74 Å². The summed E-state index contributed by atoms with van der Waals surface area (Å²) in [7, 11) is 0. The molecule has 1 N–H and O–H groups in total. The summed E-state index contributed by atoms with van der Waals surface area (Å²) in [5.41, 5.74) is 2.00. The molecular weight excluding hydrogens is 356 g/mol. The number of nitrogens with one attached hydrogen (secondary N) is 1. The second-order valence-corrected chi connectivity index (χ2v) is 7.28. The fourth-order valence-corrected chi connectivity index (χ4v) is 3.37. The lowest BCUT2D eigenvalue weighted by atomic mass is 9.81. The van der Waals surface area contributed by atoms with Gasteiger partial charge in [-0.1, -0.05) is 48.5 Å². The number of hydrogen-bond donors (Lipinski definition) is 1. The van der Waals surface area contributed by atoms with E-state index in [1.165, 1.54) is 0 Å². The Balaban J connectivity index is 2.08. The molecule has 0 aromatic heterocycles. The van der Waals surface area contributed by atoms with Crippen LogP contribution in [0, 0.1) is 13.8 Å². The van der Waals surface area contributed by atoms with Crippen molar-refractivity contribution in [1.82, 2.24) is 10.2 Å². The summed E-state index contributed by atoms with van der Waals surface area (Å²) >= 11 is 0. The van der Waals surface area contributed by atoms with Crippen molar-refractivity contribution in [2.24, 2.45) is 0 Å². The number of benzene rings is 2. The Morgan fingerprint density at radius 1 is 1.04 bits per heavy atom. The number of esters is 1. The molecule has 1 fully saturated rings. The van der Waals surface area contributed by atoms with E-state index < -0.39 is 30.0 Å². The zero-order valence-corrected chi connectivity index (χ0v) is 16.5. The molecule has 3 rings (SSSR count). The van der Waals surface area contributed by atoms with Crippen LogP contribution in [0.2, 0.25) is 0 Å². The Morgan fingerprint density at radius 3 is 2.32 bits per heavy atom.